The van der Waals surface area contributed by atoms with Crippen LogP contribution in [-0.4, -0.2) is 260 Å². The van der Waals surface area contributed by atoms with E-state index >= 15 is 0 Å². The van der Waals surface area contributed by atoms with Crippen molar-refractivity contribution in [3.63, 3.8) is 0 Å². The van der Waals surface area contributed by atoms with Gasteiger partial charge in [-0.25, -0.2) is 0 Å². The molecule has 0 aliphatic heterocycles. The zero-order valence-electron chi connectivity index (χ0n) is 154. The van der Waals surface area contributed by atoms with E-state index in [1.807, 2.05) is 0 Å². The molecular formula is C102H162N6O12. The fourth-order valence-corrected chi connectivity index (χ4v) is 11.4. The molecule has 6 N–H and O–H groups in total. The van der Waals surface area contributed by atoms with Crippen LogP contribution in [0.15, 0.2) is 146 Å². The number of hydrogen-bond donors (Lipinski definition) is 6. The molecule has 0 saturated heterocycles. The maximum absolute atomic E-state index is 11.9. The van der Waals surface area contributed by atoms with E-state index in [2.05, 4.69) is 0 Å². The van der Waals surface area contributed by atoms with Gasteiger partial charge in [-0.3, -0.25) is 0 Å². The number of methoxy groups -OCH3 is 6. The quantitative estimate of drug-likeness (QED) is 0.0249. The van der Waals surface area contributed by atoms with Crippen molar-refractivity contribution >= 4 is 0 Å². The van der Waals surface area contributed by atoms with Gasteiger partial charge in [-0.1, -0.05) is 188 Å². The van der Waals surface area contributed by atoms with Crippen molar-refractivity contribution in [1.82, 2.24) is 29.4 Å². The maximum atomic E-state index is 11.9. The number of likely N-dealkylation sites (N-methyl/N-ethyl adjacent to an activating group) is 6. The van der Waals surface area contributed by atoms with Crippen LogP contribution in [0.1, 0.15) is 378 Å². The summed E-state index contributed by atoms with van der Waals surface area (Å²) in [6, 6.07) is 28.8. The van der Waals surface area contributed by atoms with Gasteiger partial charge in [0, 0.05) is 192 Å². The molecule has 6 atom stereocenters. The number of hydrogen-bond acceptors (Lipinski definition) is 18. The van der Waals surface area contributed by atoms with E-state index in [4.69, 9.17) is 146 Å². The van der Waals surface area contributed by atoms with Crippen LogP contribution in [0, 0.1) is 0 Å². The van der Waals surface area contributed by atoms with E-state index in [0.29, 0.717) is 16.4 Å². The van der Waals surface area contributed by atoms with Gasteiger partial charge < -0.3 is 88.5 Å². The highest BCUT2D eigenvalue weighted by atomic mass is 16.5. The third-order valence-electron chi connectivity index (χ3n) is 17.3. The molecule has 6 fully saturated rings. The molecule has 6 saturated carbocycles. The summed E-state index contributed by atoms with van der Waals surface area (Å²) in [6.07, 6.45) is -116. The monoisotopic (exact) mass is 1750 g/mol. The zero-order valence-corrected chi connectivity index (χ0v) is 67.6. The van der Waals surface area contributed by atoms with Crippen molar-refractivity contribution in [1.29, 1.82) is 0 Å². The minimum atomic E-state index is -4.27. The predicted molar refractivity (Wildman–Crippen MR) is 494 cm³/mol. The molecular weight excluding hydrogens is 1500 g/mol. The molecule has 6 aliphatic carbocycles. The van der Waals surface area contributed by atoms with Crippen LogP contribution in [0.25, 0.3) is 0 Å². The standard InChI is InChI=1S/6C17H27NO2/c6*1-18(2)13-16(17(19)11-5-4-6-12-17)14-7-9-15(20-3)10-8-14/h6*7-10,16,19H,4-6,11-13H2,1-3H3/i1D3,2D3,4D2,5D2,6D2,11D2,12D2,13D2;1D3,4D2,5D2,6D2,11D2,12D2,16D;1D3,4D2,5D2,6D2,11D2,12D2,13D2;1D3,2D3,4D2,5D2,6D2,11D2,12D2;4D2,5D2,6D2,11D2,12D2,16D;4D2,5D2,6D2,11D2,12D2,13D2. The van der Waals surface area contributed by atoms with E-state index in [1.54, 1.807) is 0 Å². The molecule has 6 aliphatic rings. The molecule has 6 aromatic rings. The second kappa shape index (κ2) is 50.0. The van der Waals surface area contributed by atoms with Crippen LogP contribution >= 0.6 is 0 Å². The average molecular weight is 1750 g/mol. The summed E-state index contributed by atoms with van der Waals surface area (Å²) in [5.74, 6) is -14.2. The van der Waals surface area contributed by atoms with E-state index in [-0.39, 0.29) is 55.1 Å². The van der Waals surface area contributed by atoms with Gasteiger partial charge in [0.05, 0.1) is 76.3 Å². The molecule has 0 radical (unpaired) electrons. The van der Waals surface area contributed by atoms with Gasteiger partial charge in [0.25, 0.3) is 0 Å². The predicted octanol–water partition coefficient (Wildman–Crippen LogP) is 18.2. The molecule has 672 valence electrons. The highest BCUT2D eigenvalue weighted by Gasteiger charge is 2.45. The first-order valence-electron chi connectivity index (χ1n) is 78.9. The summed E-state index contributed by atoms with van der Waals surface area (Å²) >= 11 is 0. The molecule has 0 aromatic heterocycles. The molecule has 0 amide bonds. The molecule has 18 heteroatoms. The number of benzene rings is 6. The van der Waals surface area contributed by atoms with Crippen LogP contribution in [0.5, 0.6) is 34.5 Å². The van der Waals surface area contributed by atoms with Gasteiger partial charge in [0.2, 0.25) is 0 Å². The number of rotatable bonds is 30. The Labute approximate surface area is 847 Å². The Bertz CT molecular complexity index is 7640. The number of aliphatic hydroxyl groups is 6. The van der Waals surface area contributed by atoms with Crippen molar-refractivity contribution in [2.75, 3.05) is 166 Å². The summed E-state index contributed by atoms with van der Waals surface area (Å²) in [5, 5.41) is 70.9. The number of ether oxygens (including phenoxy) is 6. The normalized spacial score (nSPS) is 44.6. The minimum Gasteiger partial charge on any atom is -0.497 e. The summed E-state index contributed by atoms with van der Waals surface area (Å²) < 4.78 is 732. The van der Waals surface area contributed by atoms with Gasteiger partial charge >= 0.3 is 0 Å². The Morgan fingerprint density at radius 3 is 0.683 bits per heavy atom. The van der Waals surface area contributed by atoms with Crippen LogP contribution in [0.3, 0.4) is 0 Å². The molecule has 0 bridgehead atoms. The lowest BCUT2D eigenvalue weighted by Crippen LogP contribution is -2.42. The molecule has 18 nitrogen and oxygen atoms in total. The zero-order chi connectivity index (χ0) is 164. The second-order valence-corrected chi connectivity index (χ2v) is 26.5. The molecule has 0 heterocycles. The molecule has 0 spiro atoms. The minimum absolute atomic E-state index is 0.0899. The number of nitrogens with zero attached hydrogens (tertiary/aromatic N) is 6. The highest BCUT2D eigenvalue weighted by molar-refractivity contribution is 5.37. The summed E-state index contributed by atoms with van der Waals surface area (Å²) in [6.45, 7) is -33.5. The topological polar surface area (TPSA) is 196 Å². The fraction of sp³-hybridized carbons (Fsp3) is 0.647. The van der Waals surface area contributed by atoms with Crippen molar-refractivity contribution in [3.8, 4) is 34.5 Å². The van der Waals surface area contributed by atoms with Gasteiger partial charge in [-0.05, 0) is 267 Å². The third-order valence-corrected chi connectivity index (χ3v) is 17.3. The molecule has 6 unspecified atom stereocenters. The van der Waals surface area contributed by atoms with Gasteiger partial charge in [0.1, 0.15) is 34.5 Å². The van der Waals surface area contributed by atoms with Crippen molar-refractivity contribution in [2.45, 2.75) is 260 Å². The van der Waals surface area contributed by atoms with Crippen LogP contribution < -0.4 is 28.4 Å². The van der Waals surface area contributed by atoms with Crippen LogP contribution in [-0.2, 0) is 0 Å². The van der Waals surface area contributed by atoms with E-state index in [1.165, 1.54) is 161 Å². The first-order chi connectivity index (χ1) is 90.3. The molecule has 6 aromatic carbocycles. The van der Waals surface area contributed by atoms with E-state index in [9.17, 15) is 30.6 Å². The maximum Gasteiger partial charge on any atom is 0.118 e. The first kappa shape index (κ1) is 34.1. The Balaban J connectivity index is 0.000000328. The Morgan fingerprint density at radius 1 is 0.258 bits per heavy atom. The summed E-state index contributed by atoms with van der Waals surface area (Å²) in [5.41, 5.74) is -25.4. The van der Waals surface area contributed by atoms with Gasteiger partial charge in [-0.15, -0.1) is 0 Å². The van der Waals surface area contributed by atoms with Crippen molar-refractivity contribution in [3.05, 3.63) is 179 Å². The summed E-state index contributed by atoms with van der Waals surface area (Å²) in [4.78, 5) is 2.17. The average Bonchev–Trinajstić information content (AvgIpc) is 0.682. The Hall–Kier alpha value is -6.36. The van der Waals surface area contributed by atoms with Gasteiger partial charge in [-0.2, -0.15) is 0 Å². The third kappa shape index (κ3) is 31.1. The molecule has 120 heavy (non-hydrogen) atoms. The highest BCUT2D eigenvalue weighted by Crippen LogP contribution is 2.47. The first-order valence-corrected chi connectivity index (χ1v) is 35.9. The smallest absolute Gasteiger partial charge is 0.118 e. The van der Waals surface area contributed by atoms with Crippen molar-refractivity contribution < 1.29 is 177 Å². The van der Waals surface area contributed by atoms with E-state index < -0.39 is 357 Å². The summed E-state index contributed by atoms with van der Waals surface area (Å²) in [7, 11) is 15.1. The largest absolute Gasteiger partial charge is 0.497 e. The van der Waals surface area contributed by atoms with Gasteiger partial charge in [0.15, 0.2) is 0 Å². The lowest BCUT2D eigenvalue weighted by atomic mass is 9.72. The Kier molecular flexibility index (Phi) is 14.2. The van der Waals surface area contributed by atoms with E-state index in [0.717, 1.165) is 79.7 Å². The van der Waals surface area contributed by atoms with Crippen LogP contribution in [0.2, 0.25) is 0 Å². The lowest BCUT2D eigenvalue weighted by molar-refractivity contribution is -0.0280. The lowest BCUT2D eigenvalue weighted by Gasteiger charge is -2.40. The van der Waals surface area contributed by atoms with Crippen LogP contribution in [0.4, 0.5) is 0 Å². The Morgan fingerprint density at radius 2 is 0.458 bits per heavy atom. The SMILES string of the molecule is [2H]C(CN(C)C)(c1ccc(OC)cc1)C1(O)C([2H])([2H])C([2H])([2H])C([2H])([2H])C([2H])([2H])C1([2H])[2H].[2H]C([2H])(C(c1ccc(OC)cc1)C1(O)C([2H])([2H])C([2H])([2H])C([2H])([2H])C([2H])([2H])C1([2H])[2H])N(C)C.[2H]C([2H])([2H])N(C([2H])([2H])[2H])C([2H])([2H])C(c1ccc(OC)cc1)C1(O)C([2H])([2H])C([2H])([2H])C([2H])([2H])C([2H])([2H])C1([2H])[2H].[2H]C([2H])([2H])N(C)C([2H])([2H])C(c1ccc(OC)cc1)C1(O)C([2H])([2H])C([2H])([2H])C([2H])([2H])C([2H])([2H])C1([2H])[2H].[2H]C([2H])([2H])N(C)CC([2H])(c1ccc(OC)cc1)C1(O)C([2H])([2H])C([2H])([2H])C([2H])([2H])C([2H])([2H])C1([2H])[2H].[2H]C([2H])([2H])N(CC(c1ccc(OC)cc1)C1(O)C([2H])([2H])C([2H])([2H])C([2H])([2H])C([2H])([2H])C1([2H])[2H])C([2H])([2H])[2H]. The van der Waals surface area contributed by atoms with Crippen molar-refractivity contribution in [2.24, 2.45) is 0 Å². The fourth-order valence-electron chi connectivity index (χ4n) is 11.4. The second-order valence-electron chi connectivity index (χ2n) is 26.5. The molecule has 12 rings (SSSR count).